The van der Waals surface area contributed by atoms with Gasteiger partial charge in [-0.1, -0.05) is 20.3 Å². The molecule has 2 heteroatoms. The molecule has 2 unspecified atom stereocenters. The Kier molecular flexibility index (Phi) is 5.48. The second-order valence-corrected chi connectivity index (χ2v) is 4.25. The van der Waals surface area contributed by atoms with Crippen LogP contribution in [0.1, 0.15) is 39.2 Å². The van der Waals surface area contributed by atoms with Crippen LogP contribution in [0.15, 0.2) is 23.0 Å². The summed E-state index contributed by atoms with van der Waals surface area (Å²) in [6, 6.07) is 2.65. The summed E-state index contributed by atoms with van der Waals surface area (Å²) in [6.07, 6.45) is 7.14. The zero-order chi connectivity index (χ0) is 11.1. The molecule has 1 heterocycles. The van der Waals surface area contributed by atoms with E-state index in [2.05, 4.69) is 32.2 Å². The topological polar surface area (TPSA) is 25.2 Å². The molecular formula is C13H23NO. The molecule has 1 aromatic rings. The molecule has 0 spiro atoms. The Morgan fingerprint density at radius 3 is 2.73 bits per heavy atom. The van der Waals surface area contributed by atoms with Crippen molar-refractivity contribution >= 4 is 0 Å². The molecule has 0 radical (unpaired) electrons. The number of hydrogen-bond donors (Lipinski definition) is 1. The maximum Gasteiger partial charge on any atom is 0.0934 e. The maximum atomic E-state index is 5.10. The molecule has 86 valence electrons. The van der Waals surface area contributed by atoms with E-state index >= 15 is 0 Å². The SMILES string of the molecule is CCCNC(C)C(CC)Cc1ccoc1. The lowest BCUT2D eigenvalue weighted by Gasteiger charge is -2.23. The predicted molar refractivity (Wildman–Crippen MR) is 63.9 cm³/mol. The van der Waals surface area contributed by atoms with Gasteiger partial charge in [-0.05, 0) is 43.9 Å². The smallest absolute Gasteiger partial charge is 0.0934 e. The van der Waals surface area contributed by atoms with Gasteiger partial charge in [0, 0.05) is 6.04 Å². The monoisotopic (exact) mass is 209 g/mol. The van der Waals surface area contributed by atoms with Crippen molar-refractivity contribution in [2.24, 2.45) is 5.92 Å². The summed E-state index contributed by atoms with van der Waals surface area (Å²) in [5.41, 5.74) is 1.31. The van der Waals surface area contributed by atoms with Gasteiger partial charge in [0.1, 0.15) is 0 Å². The van der Waals surface area contributed by atoms with Gasteiger partial charge >= 0.3 is 0 Å². The van der Waals surface area contributed by atoms with Crippen LogP contribution in [0, 0.1) is 5.92 Å². The van der Waals surface area contributed by atoms with E-state index in [0.29, 0.717) is 12.0 Å². The van der Waals surface area contributed by atoms with Gasteiger partial charge < -0.3 is 9.73 Å². The van der Waals surface area contributed by atoms with Crippen LogP contribution in [0.3, 0.4) is 0 Å². The Hall–Kier alpha value is -0.760. The molecule has 0 amide bonds. The van der Waals surface area contributed by atoms with E-state index in [9.17, 15) is 0 Å². The van der Waals surface area contributed by atoms with Gasteiger partial charge in [0.15, 0.2) is 0 Å². The van der Waals surface area contributed by atoms with Crippen LogP contribution in [-0.2, 0) is 6.42 Å². The van der Waals surface area contributed by atoms with Gasteiger partial charge in [0.2, 0.25) is 0 Å². The molecule has 0 saturated heterocycles. The minimum absolute atomic E-state index is 0.588. The average molecular weight is 209 g/mol. The summed E-state index contributed by atoms with van der Waals surface area (Å²) < 4.78 is 5.10. The molecule has 0 aliphatic carbocycles. The zero-order valence-corrected chi connectivity index (χ0v) is 10.1. The maximum absolute atomic E-state index is 5.10. The van der Waals surface area contributed by atoms with Gasteiger partial charge in [-0.15, -0.1) is 0 Å². The third-order valence-corrected chi connectivity index (χ3v) is 3.03. The Labute approximate surface area is 93.1 Å². The van der Waals surface area contributed by atoms with Crippen molar-refractivity contribution in [1.29, 1.82) is 0 Å². The molecule has 0 fully saturated rings. The lowest BCUT2D eigenvalue weighted by Crippen LogP contribution is -2.34. The molecule has 2 nitrogen and oxygen atoms in total. The van der Waals surface area contributed by atoms with E-state index in [4.69, 9.17) is 4.42 Å². The highest BCUT2D eigenvalue weighted by molar-refractivity contribution is 5.06. The van der Waals surface area contributed by atoms with Crippen molar-refractivity contribution in [2.45, 2.75) is 46.1 Å². The lowest BCUT2D eigenvalue weighted by atomic mass is 9.92. The fourth-order valence-corrected chi connectivity index (χ4v) is 1.92. The van der Waals surface area contributed by atoms with Crippen molar-refractivity contribution in [3.63, 3.8) is 0 Å². The van der Waals surface area contributed by atoms with Crippen LogP contribution in [0.5, 0.6) is 0 Å². The summed E-state index contributed by atoms with van der Waals surface area (Å²) in [5.74, 6) is 0.703. The van der Waals surface area contributed by atoms with E-state index in [1.165, 1.54) is 18.4 Å². The van der Waals surface area contributed by atoms with Crippen molar-refractivity contribution in [2.75, 3.05) is 6.54 Å². The first-order chi connectivity index (χ1) is 7.27. The van der Waals surface area contributed by atoms with Gasteiger partial charge in [-0.3, -0.25) is 0 Å². The molecule has 1 aromatic heterocycles. The normalized spacial score (nSPS) is 15.1. The van der Waals surface area contributed by atoms with Crippen LogP contribution in [-0.4, -0.2) is 12.6 Å². The van der Waals surface area contributed by atoms with E-state index in [-0.39, 0.29) is 0 Å². The van der Waals surface area contributed by atoms with E-state index in [0.717, 1.165) is 13.0 Å². The first kappa shape index (κ1) is 12.3. The highest BCUT2D eigenvalue weighted by atomic mass is 16.3. The molecule has 0 aliphatic heterocycles. The summed E-state index contributed by atoms with van der Waals surface area (Å²) in [6.45, 7) is 7.86. The van der Waals surface area contributed by atoms with Crippen LogP contribution < -0.4 is 5.32 Å². The molecule has 0 bridgehead atoms. The number of nitrogens with one attached hydrogen (secondary N) is 1. The molecule has 0 aliphatic rings. The number of furan rings is 1. The highest BCUT2D eigenvalue weighted by Crippen LogP contribution is 2.16. The summed E-state index contributed by atoms with van der Waals surface area (Å²) in [7, 11) is 0. The van der Waals surface area contributed by atoms with Crippen LogP contribution in [0.25, 0.3) is 0 Å². The lowest BCUT2D eigenvalue weighted by molar-refractivity contribution is 0.361. The molecule has 1 N–H and O–H groups in total. The summed E-state index contributed by atoms with van der Waals surface area (Å²) in [4.78, 5) is 0. The molecule has 1 rings (SSSR count). The molecule has 0 saturated carbocycles. The number of rotatable bonds is 7. The summed E-state index contributed by atoms with van der Waals surface area (Å²) in [5, 5.41) is 3.57. The Morgan fingerprint density at radius 2 is 2.20 bits per heavy atom. The molecule has 2 atom stereocenters. The van der Waals surface area contributed by atoms with Crippen LogP contribution >= 0.6 is 0 Å². The second kappa shape index (κ2) is 6.67. The second-order valence-electron chi connectivity index (χ2n) is 4.25. The zero-order valence-electron chi connectivity index (χ0n) is 10.1. The molecule has 15 heavy (non-hydrogen) atoms. The number of hydrogen-bond acceptors (Lipinski definition) is 2. The summed E-state index contributed by atoms with van der Waals surface area (Å²) >= 11 is 0. The van der Waals surface area contributed by atoms with Crippen molar-refractivity contribution in [1.82, 2.24) is 5.32 Å². The quantitative estimate of drug-likeness (QED) is 0.745. The predicted octanol–water partition coefficient (Wildman–Crippen LogP) is 3.24. The van der Waals surface area contributed by atoms with Crippen molar-refractivity contribution in [3.05, 3.63) is 24.2 Å². The highest BCUT2D eigenvalue weighted by Gasteiger charge is 2.15. The van der Waals surface area contributed by atoms with Gasteiger partial charge in [-0.2, -0.15) is 0 Å². The fourth-order valence-electron chi connectivity index (χ4n) is 1.92. The van der Waals surface area contributed by atoms with E-state index in [1.54, 1.807) is 6.26 Å². The van der Waals surface area contributed by atoms with Crippen molar-refractivity contribution in [3.8, 4) is 0 Å². The first-order valence-corrected chi connectivity index (χ1v) is 6.02. The van der Waals surface area contributed by atoms with Crippen LogP contribution in [0.2, 0.25) is 0 Å². The van der Waals surface area contributed by atoms with E-state index < -0.39 is 0 Å². The Morgan fingerprint density at radius 1 is 1.40 bits per heavy atom. The van der Waals surface area contributed by atoms with Gasteiger partial charge in [-0.25, -0.2) is 0 Å². The molecular weight excluding hydrogens is 186 g/mol. The van der Waals surface area contributed by atoms with Gasteiger partial charge in [0.25, 0.3) is 0 Å². The van der Waals surface area contributed by atoms with Crippen molar-refractivity contribution < 1.29 is 4.42 Å². The minimum atomic E-state index is 0.588. The first-order valence-electron chi connectivity index (χ1n) is 6.02. The molecule has 0 aromatic carbocycles. The Balaban J connectivity index is 2.40. The third-order valence-electron chi connectivity index (χ3n) is 3.03. The van der Waals surface area contributed by atoms with Gasteiger partial charge in [0.05, 0.1) is 12.5 Å². The standard InChI is InChI=1S/C13H23NO/c1-4-7-14-11(3)13(5-2)9-12-6-8-15-10-12/h6,8,10-11,13-14H,4-5,7,9H2,1-3H3. The fraction of sp³-hybridized carbons (Fsp3) is 0.692. The Bertz CT molecular complexity index is 243. The average Bonchev–Trinajstić information content (AvgIpc) is 2.75. The van der Waals surface area contributed by atoms with E-state index in [1.807, 2.05) is 6.26 Å². The largest absolute Gasteiger partial charge is 0.472 e. The third kappa shape index (κ3) is 4.08. The van der Waals surface area contributed by atoms with Crippen LogP contribution in [0.4, 0.5) is 0 Å². The minimum Gasteiger partial charge on any atom is -0.472 e.